The average molecular weight is 424 g/mol. The van der Waals surface area contributed by atoms with Gasteiger partial charge < -0.3 is 14.6 Å². The molecule has 3 aromatic heterocycles. The molecule has 31 heavy (non-hydrogen) atoms. The molecule has 0 unspecified atom stereocenters. The molecule has 1 aliphatic rings. The van der Waals surface area contributed by atoms with Gasteiger partial charge in [0.2, 0.25) is 0 Å². The van der Waals surface area contributed by atoms with Crippen LogP contribution in [0.4, 0.5) is 0 Å². The van der Waals surface area contributed by atoms with Gasteiger partial charge in [0.15, 0.2) is 0 Å². The van der Waals surface area contributed by atoms with Gasteiger partial charge in [0.1, 0.15) is 16.8 Å². The largest absolute Gasteiger partial charge is 0.385 e. The van der Waals surface area contributed by atoms with Crippen LogP contribution >= 0.6 is 0 Å². The first-order chi connectivity index (χ1) is 15.0. The molecule has 4 rings (SSSR count). The molecule has 8 heteroatoms. The molecule has 1 aliphatic carbocycles. The average Bonchev–Trinajstić information content (AvgIpc) is 2.78. The van der Waals surface area contributed by atoms with Crippen molar-refractivity contribution in [3.8, 4) is 0 Å². The quantitative estimate of drug-likeness (QED) is 0.470. The summed E-state index contributed by atoms with van der Waals surface area (Å²) >= 11 is 0. The molecule has 3 heterocycles. The number of amides is 1. The standard InChI is InChI=1S/C23H29N5O3/c1-15-8-6-12-27-20(15)26-21-18(23(27)30)14-17(22(29)25-11-7-13-31-2)19(24)28(21)16-9-4-3-5-10-16/h6,8,12,14,16,24H,3-5,7,9-11,13H2,1-2H3,(H,25,29). The van der Waals surface area contributed by atoms with Crippen molar-refractivity contribution >= 4 is 22.6 Å². The van der Waals surface area contributed by atoms with Crippen LogP contribution in [-0.4, -0.2) is 40.1 Å². The lowest BCUT2D eigenvalue weighted by Gasteiger charge is -2.26. The van der Waals surface area contributed by atoms with Crippen LogP contribution in [0.15, 0.2) is 29.2 Å². The molecule has 0 radical (unpaired) electrons. The van der Waals surface area contributed by atoms with Crippen molar-refractivity contribution in [2.75, 3.05) is 20.3 Å². The maximum Gasteiger partial charge on any atom is 0.267 e. The van der Waals surface area contributed by atoms with Gasteiger partial charge in [-0.2, -0.15) is 0 Å². The number of ether oxygens (including phenoxy) is 1. The minimum atomic E-state index is -0.346. The van der Waals surface area contributed by atoms with Crippen molar-refractivity contribution in [1.82, 2.24) is 19.3 Å². The molecule has 1 saturated carbocycles. The van der Waals surface area contributed by atoms with Crippen molar-refractivity contribution in [3.05, 3.63) is 51.4 Å². The van der Waals surface area contributed by atoms with Gasteiger partial charge in [-0.15, -0.1) is 0 Å². The zero-order valence-electron chi connectivity index (χ0n) is 18.1. The first-order valence-electron chi connectivity index (χ1n) is 10.9. The number of nitrogens with zero attached hydrogens (tertiary/aromatic N) is 3. The molecular formula is C23H29N5O3. The van der Waals surface area contributed by atoms with Crippen LogP contribution in [-0.2, 0) is 4.74 Å². The van der Waals surface area contributed by atoms with E-state index in [0.29, 0.717) is 36.3 Å². The van der Waals surface area contributed by atoms with Crippen molar-refractivity contribution in [2.24, 2.45) is 0 Å². The Morgan fingerprint density at radius 1 is 1.29 bits per heavy atom. The molecule has 0 aliphatic heterocycles. The predicted octanol–water partition coefficient (Wildman–Crippen LogP) is 2.71. The van der Waals surface area contributed by atoms with Crippen molar-refractivity contribution in [3.63, 3.8) is 0 Å². The van der Waals surface area contributed by atoms with Crippen molar-refractivity contribution in [1.29, 1.82) is 5.41 Å². The molecule has 0 bridgehead atoms. The SMILES string of the molecule is COCCCNC(=O)c1cc2c(=O)n3cccc(C)c3nc2n(C2CCCCC2)c1=N. The van der Waals surface area contributed by atoms with Crippen LogP contribution in [0, 0.1) is 12.3 Å². The van der Waals surface area contributed by atoms with Crippen LogP contribution in [0.3, 0.4) is 0 Å². The van der Waals surface area contributed by atoms with Gasteiger partial charge in [-0.1, -0.05) is 25.3 Å². The van der Waals surface area contributed by atoms with E-state index in [4.69, 9.17) is 15.1 Å². The molecule has 1 amide bonds. The predicted molar refractivity (Wildman–Crippen MR) is 118 cm³/mol. The Balaban J connectivity index is 1.93. The summed E-state index contributed by atoms with van der Waals surface area (Å²) < 4.78 is 8.38. The molecule has 8 nitrogen and oxygen atoms in total. The van der Waals surface area contributed by atoms with E-state index >= 15 is 0 Å². The summed E-state index contributed by atoms with van der Waals surface area (Å²) in [5.74, 6) is -0.346. The van der Waals surface area contributed by atoms with E-state index in [0.717, 1.165) is 31.2 Å². The Morgan fingerprint density at radius 2 is 2.06 bits per heavy atom. The van der Waals surface area contributed by atoms with Gasteiger partial charge in [0.05, 0.1) is 10.9 Å². The highest BCUT2D eigenvalue weighted by Crippen LogP contribution is 2.29. The Hall–Kier alpha value is -3.00. The Kier molecular flexibility index (Phi) is 6.18. The number of nitrogens with one attached hydrogen (secondary N) is 2. The monoisotopic (exact) mass is 423 g/mol. The van der Waals surface area contributed by atoms with Gasteiger partial charge in [-0.25, -0.2) is 4.98 Å². The van der Waals surface area contributed by atoms with Crippen molar-refractivity contribution < 1.29 is 9.53 Å². The highest BCUT2D eigenvalue weighted by atomic mass is 16.5. The Morgan fingerprint density at radius 3 is 2.81 bits per heavy atom. The third kappa shape index (κ3) is 3.99. The zero-order valence-corrected chi connectivity index (χ0v) is 18.1. The number of methoxy groups -OCH3 is 1. The second-order valence-electron chi connectivity index (χ2n) is 8.21. The minimum Gasteiger partial charge on any atom is -0.385 e. The van der Waals surface area contributed by atoms with Crippen LogP contribution in [0.2, 0.25) is 0 Å². The topological polar surface area (TPSA) is 101 Å². The number of pyridine rings is 2. The number of rotatable bonds is 6. The molecule has 2 N–H and O–H groups in total. The number of hydrogen-bond acceptors (Lipinski definition) is 5. The lowest BCUT2D eigenvalue weighted by molar-refractivity contribution is 0.0946. The molecule has 0 spiro atoms. The summed E-state index contributed by atoms with van der Waals surface area (Å²) in [7, 11) is 1.62. The molecule has 3 aromatic rings. The van der Waals surface area contributed by atoms with E-state index in [1.807, 2.05) is 23.6 Å². The number of hydrogen-bond donors (Lipinski definition) is 2. The Labute approximate surface area is 180 Å². The van der Waals surface area contributed by atoms with Gasteiger partial charge in [0.25, 0.3) is 11.5 Å². The fraction of sp³-hybridized carbons (Fsp3) is 0.478. The third-order valence-corrected chi connectivity index (χ3v) is 6.07. The van der Waals surface area contributed by atoms with E-state index in [1.165, 1.54) is 16.9 Å². The second-order valence-corrected chi connectivity index (χ2v) is 8.21. The molecule has 164 valence electrons. The molecule has 0 atom stereocenters. The lowest BCUT2D eigenvalue weighted by atomic mass is 9.94. The summed E-state index contributed by atoms with van der Waals surface area (Å²) in [5, 5.41) is 12.1. The highest BCUT2D eigenvalue weighted by Gasteiger charge is 2.23. The van der Waals surface area contributed by atoms with Crippen molar-refractivity contribution in [2.45, 2.75) is 51.5 Å². The van der Waals surface area contributed by atoms with Gasteiger partial charge in [-0.3, -0.25) is 19.4 Å². The first kappa shape index (κ1) is 21.2. The lowest BCUT2D eigenvalue weighted by Crippen LogP contribution is -2.37. The van der Waals surface area contributed by atoms with Crippen LogP contribution in [0.5, 0.6) is 0 Å². The van der Waals surface area contributed by atoms with Crippen LogP contribution < -0.4 is 16.4 Å². The van der Waals surface area contributed by atoms with Gasteiger partial charge in [0, 0.05) is 32.5 Å². The number of carbonyl (C=O) groups is 1. The van der Waals surface area contributed by atoms with Gasteiger partial charge in [-0.05, 0) is 43.9 Å². The summed E-state index contributed by atoms with van der Waals surface area (Å²) in [6.07, 6.45) is 7.51. The summed E-state index contributed by atoms with van der Waals surface area (Å²) in [6, 6.07) is 5.33. The maximum absolute atomic E-state index is 13.4. The Bertz CT molecular complexity index is 1240. The summed E-state index contributed by atoms with van der Waals surface area (Å²) in [4.78, 5) is 31.1. The summed E-state index contributed by atoms with van der Waals surface area (Å²) in [6.45, 7) is 2.91. The zero-order chi connectivity index (χ0) is 22.0. The van der Waals surface area contributed by atoms with E-state index in [-0.39, 0.29) is 28.6 Å². The third-order valence-electron chi connectivity index (χ3n) is 6.07. The number of aryl methyl sites for hydroxylation is 1. The summed E-state index contributed by atoms with van der Waals surface area (Å²) in [5.41, 5.74) is 2.08. The van der Waals surface area contributed by atoms with Crippen LogP contribution in [0.25, 0.3) is 16.7 Å². The fourth-order valence-electron chi connectivity index (χ4n) is 4.44. The van der Waals surface area contributed by atoms with Crippen LogP contribution in [0.1, 0.15) is 60.5 Å². The van der Waals surface area contributed by atoms with E-state index in [9.17, 15) is 9.59 Å². The van der Waals surface area contributed by atoms with E-state index in [2.05, 4.69) is 5.32 Å². The second kappa shape index (κ2) is 9.01. The number of fused-ring (bicyclic) bond motifs is 2. The minimum absolute atomic E-state index is 0.0587. The first-order valence-corrected chi connectivity index (χ1v) is 10.9. The molecule has 0 saturated heterocycles. The molecule has 1 fully saturated rings. The van der Waals surface area contributed by atoms with E-state index < -0.39 is 0 Å². The number of carbonyl (C=O) groups excluding carboxylic acids is 1. The van der Waals surface area contributed by atoms with E-state index in [1.54, 1.807) is 13.3 Å². The molecule has 0 aromatic carbocycles. The highest BCUT2D eigenvalue weighted by molar-refractivity contribution is 5.96. The van der Waals surface area contributed by atoms with Gasteiger partial charge >= 0.3 is 0 Å². The maximum atomic E-state index is 13.4. The number of aromatic nitrogens is 3. The normalized spacial score (nSPS) is 14.9. The molecular weight excluding hydrogens is 394 g/mol. The smallest absolute Gasteiger partial charge is 0.267 e. The fourth-order valence-corrected chi connectivity index (χ4v) is 4.44.